The molecule has 0 atom stereocenters. The van der Waals surface area contributed by atoms with E-state index >= 15 is 0 Å². The summed E-state index contributed by atoms with van der Waals surface area (Å²) in [6.07, 6.45) is 0. The molecule has 0 radical (unpaired) electrons. The first kappa shape index (κ1) is 20.4. The van der Waals surface area contributed by atoms with Crippen LogP contribution in [0.1, 0.15) is 0 Å². The van der Waals surface area contributed by atoms with E-state index in [1.165, 1.54) is 11.8 Å². The molecule has 2 heterocycles. The van der Waals surface area contributed by atoms with E-state index in [0.29, 0.717) is 33.2 Å². The first-order valence-corrected chi connectivity index (χ1v) is 11.1. The van der Waals surface area contributed by atoms with E-state index in [4.69, 9.17) is 21.1 Å². The van der Waals surface area contributed by atoms with Crippen LogP contribution >= 0.6 is 23.4 Å². The summed E-state index contributed by atoms with van der Waals surface area (Å²) in [5, 5.41) is 12.8. The number of thioether (sulfide) groups is 1. The zero-order valence-electron chi connectivity index (χ0n) is 16.7. The third kappa shape index (κ3) is 4.28. The molecule has 9 heteroatoms. The SMILES string of the molecule is O=C(CSc1nnc(-c2cccc(Cl)c2)n1-c1ccccc1)Nc1ccc2c(c1)OCO2. The summed E-state index contributed by atoms with van der Waals surface area (Å²) in [7, 11) is 0. The first-order valence-electron chi connectivity index (χ1n) is 9.76. The average molecular weight is 465 g/mol. The number of benzene rings is 3. The zero-order chi connectivity index (χ0) is 21.9. The highest BCUT2D eigenvalue weighted by molar-refractivity contribution is 7.99. The molecule has 4 aromatic rings. The van der Waals surface area contributed by atoms with Gasteiger partial charge in [0.05, 0.1) is 5.75 Å². The van der Waals surface area contributed by atoms with Crippen LogP contribution in [0.2, 0.25) is 5.02 Å². The van der Waals surface area contributed by atoms with Crippen LogP contribution in [0.3, 0.4) is 0 Å². The van der Waals surface area contributed by atoms with Crippen LogP contribution in [-0.4, -0.2) is 33.2 Å². The van der Waals surface area contributed by atoms with Crippen LogP contribution in [0.5, 0.6) is 11.5 Å². The first-order chi connectivity index (χ1) is 15.7. The fourth-order valence-corrected chi connectivity index (χ4v) is 4.23. The number of carbonyl (C=O) groups is 1. The number of carbonyl (C=O) groups excluding carboxylic acids is 1. The van der Waals surface area contributed by atoms with Crippen molar-refractivity contribution in [2.75, 3.05) is 17.9 Å². The molecular formula is C23H17ClN4O3S. The van der Waals surface area contributed by atoms with Crippen molar-refractivity contribution in [1.29, 1.82) is 0 Å². The van der Waals surface area contributed by atoms with Gasteiger partial charge in [-0.05, 0) is 36.4 Å². The molecule has 0 spiro atoms. The fraction of sp³-hybridized carbons (Fsp3) is 0.0870. The van der Waals surface area contributed by atoms with Gasteiger partial charge in [-0.2, -0.15) is 0 Å². The van der Waals surface area contributed by atoms with E-state index in [2.05, 4.69) is 15.5 Å². The maximum absolute atomic E-state index is 12.6. The summed E-state index contributed by atoms with van der Waals surface area (Å²) in [5.74, 6) is 1.93. The van der Waals surface area contributed by atoms with E-state index in [0.717, 1.165) is 11.3 Å². The molecular weight excluding hydrogens is 448 g/mol. The summed E-state index contributed by atoms with van der Waals surface area (Å²) < 4.78 is 12.6. The summed E-state index contributed by atoms with van der Waals surface area (Å²) in [6.45, 7) is 0.187. The zero-order valence-corrected chi connectivity index (χ0v) is 18.3. The number of nitrogens with one attached hydrogen (secondary N) is 1. The minimum absolute atomic E-state index is 0.162. The summed E-state index contributed by atoms with van der Waals surface area (Å²) in [6, 6.07) is 22.5. The summed E-state index contributed by atoms with van der Waals surface area (Å²) in [4.78, 5) is 12.6. The van der Waals surface area contributed by atoms with Gasteiger partial charge in [-0.15, -0.1) is 10.2 Å². The summed E-state index contributed by atoms with van der Waals surface area (Å²) in [5.41, 5.74) is 2.38. The van der Waals surface area contributed by atoms with Crippen LogP contribution < -0.4 is 14.8 Å². The number of para-hydroxylation sites is 1. The maximum Gasteiger partial charge on any atom is 0.234 e. The highest BCUT2D eigenvalue weighted by atomic mass is 35.5. The smallest absolute Gasteiger partial charge is 0.234 e. The molecule has 1 aromatic heterocycles. The number of anilines is 1. The highest BCUT2D eigenvalue weighted by Crippen LogP contribution is 2.34. The van der Waals surface area contributed by atoms with Crippen molar-refractivity contribution in [3.8, 4) is 28.6 Å². The maximum atomic E-state index is 12.6. The Balaban J connectivity index is 1.37. The van der Waals surface area contributed by atoms with Crippen molar-refractivity contribution in [2.24, 2.45) is 0 Å². The number of aromatic nitrogens is 3. The van der Waals surface area contributed by atoms with E-state index in [9.17, 15) is 4.79 Å². The molecule has 1 amide bonds. The number of ether oxygens (including phenoxy) is 2. The molecule has 1 aliphatic heterocycles. The topological polar surface area (TPSA) is 78.3 Å². The van der Waals surface area contributed by atoms with Gasteiger partial charge in [-0.3, -0.25) is 9.36 Å². The molecule has 0 fully saturated rings. The van der Waals surface area contributed by atoms with Crippen LogP contribution in [0.4, 0.5) is 5.69 Å². The number of halogens is 1. The Morgan fingerprint density at radius 2 is 1.84 bits per heavy atom. The number of hydrogen-bond donors (Lipinski definition) is 1. The van der Waals surface area contributed by atoms with Crippen molar-refractivity contribution in [2.45, 2.75) is 5.16 Å². The molecule has 0 saturated heterocycles. The normalized spacial score (nSPS) is 12.0. The summed E-state index contributed by atoms with van der Waals surface area (Å²) >= 11 is 7.49. The minimum atomic E-state index is -0.166. The van der Waals surface area contributed by atoms with Crippen LogP contribution in [-0.2, 0) is 4.79 Å². The van der Waals surface area contributed by atoms with Crippen molar-refractivity contribution in [3.05, 3.63) is 77.8 Å². The Labute approximate surface area is 193 Å². The predicted octanol–water partition coefficient (Wildman–Crippen LogP) is 5.05. The fourth-order valence-electron chi connectivity index (χ4n) is 3.29. The molecule has 0 saturated carbocycles. The van der Waals surface area contributed by atoms with Crippen molar-refractivity contribution in [1.82, 2.24) is 14.8 Å². The number of rotatable bonds is 6. The molecule has 1 aliphatic rings. The van der Waals surface area contributed by atoms with E-state index in [1.54, 1.807) is 18.2 Å². The Hall–Kier alpha value is -3.49. The van der Waals surface area contributed by atoms with Gasteiger partial charge in [0.2, 0.25) is 12.7 Å². The van der Waals surface area contributed by atoms with Crippen molar-refractivity contribution in [3.63, 3.8) is 0 Å². The van der Waals surface area contributed by atoms with Gasteiger partial charge in [0.25, 0.3) is 0 Å². The molecule has 0 bridgehead atoms. The van der Waals surface area contributed by atoms with Gasteiger partial charge >= 0.3 is 0 Å². The van der Waals surface area contributed by atoms with Crippen molar-refractivity contribution < 1.29 is 14.3 Å². The molecule has 7 nitrogen and oxygen atoms in total. The lowest BCUT2D eigenvalue weighted by Crippen LogP contribution is -2.14. The average Bonchev–Trinajstić information content (AvgIpc) is 3.45. The molecule has 0 aliphatic carbocycles. The second kappa shape index (κ2) is 8.94. The van der Waals surface area contributed by atoms with Gasteiger partial charge in [-0.1, -0.05) is 53.7 Å². The molecule has 1 N–H and O–H groups in total. The Bertz CT molecular complexity index is 1280. The third-order valence-corrected chi connectivity index (χ3v) is 5.88. The van der Waals surface area contributed by atoms with Gasteiger partial charge in [-0.25, -0.2) is 0 Å². The van der Waals surface area contributed by atoms with Gasteiger partial charge in [0.15, 0.2) is 22.5 Å². The van der Waals surface area contributed by atoms with Crippen LogP contribution in [0.25, 0.3) is 17.1 Å². The lowest BCUT2D eigenvalue weighted by atomic mass is 10.2. The van der Waals surface area contributed by atoms with Gasteiger partial charge < -0.3 is 14.8 Å². The van der Waals surface area contributed by atoms with Gasteiger partial charge in [0, 0.05) is 28.0 Å². The monoisotopic (exact) mass is 464 g/mol. The Morgan fingerprint density at radius 1 is 1.00 bits per heavy atom. The standard InChI is InChI=1S/C23H17ClN4O3S/c24-16-6-4-5-15(11-16)22-26-27-23(28(22)18-7-2-1-3-8-18)32-13-21(29)25-17-9-10-19-20(12-17)31-14-30-19/h1-12H,13-14H2,(H,25,29). The molecule has 32 heavy (non-hydrogen) atoms. The third-order valence-electron chi connectivity index (χ3n) is 4.72. The lowest BCUT2D eigenvalue weighted by Gasteiger charge is -2.11. The number of nitrogens with zero attached hydrogens (tertiary/aromatic N) is 3. The number of fused-ring (bicyclic) bond motifs is 1. The van der Waals surface area contributed by atoms with Crippen molar-refractivity contribution >= 4 is 35.0 Å². The quantitative estimate of drug-likeness (QED) is 0.402. The molecule has 5 rings (SSSR count). The van der Waals surface area contributed by atoms with E-state index in [1.807, 2.05) is 59.2 Å². The number of amides is 1. The second-order valence-electron chi connectivity index (χ2n) is 6.89. The van der Waals surface area contributed by atoms with Gasteiger partial charge in [0.1, 0.15) is 0 Å². The predicted molar refractivity (Wildman–Crippen MR) is 124 cm³/mol. The molecule has 160 valence electrons. The largest absolute Gasteiger partial charge is 0.454 e. The molecule has 3 aromatic carbocycles. The Kier molecular flexibility index (Phi) is 5.70. The van der Waals surface area contributed by atoms with Crippen LogP contribution in [0, 0.1) is 0 Å². The highest BCUT2D eigenvalue weighted by Gasteiger charge is 2.18. The minimum Gasteiger partial charge on any atom is -0.454 e. The van der Waals surface area contributed by atoms with E-state index < -0.39 is 0 Å². The Morgan fingerprint density at radius 3 is 2.69 bits per heavy atom. The van der Waals surface area contributed by atoms with Crippen LogP contribution in [0.15, 0.2) is 78.0 Å². The second-order valence-corrected chi connectivity index (χ2v) is 8.27. The van der Waals surface area contributed by atoms with E-state index in [-0.39, 0.29) is 18.5 Å². The lowest BCUT2D eigenvalue weighted by molar-refractivity contribution is -0.113. The number of hydrogen-bond acceptors (Lipinski definition) is 6. The molecule has 0 unspecified atom stereocenters.